The maximum absolute atomic E-state index is 8.86. The summed E-state index contributed by atoms with van der Waals surface area (Å²) in [6.07, 6.45) is 0.828. The summed E-state index contributed by atoms with van der Waals surface area (Å²) in [6, 6.07) is 17.4. The van der Waals surface area contributed by atoms with Crippen molar-refractivity contribution < 1.29 is 14.2 Å². The predicted molar refractivity (Wildman–Crippen MR) is 84.2 cm³/mol. The summed E-state index contributed by atoms with van der Waals surface area (Å²) in [6.45, 7) is 0. The van der Waals surface area contributed by atoms with Crippen molar-refractivity contribution >= 4 is 0 Å². The third-order valence-electron chi connectivity index (χ3n) is 3.34. The molecule has 0 aliphatic heterocycles. The van der Waals surface area contributed by atoms with Gasteiger partial charge in [0, 0.05) is 12.8 Å². The molecule has 2 aromatic carbocycles. The Balaban J connectivity index is 2.23. The number of methoxy groups -OCH3 is 2. The van der Waals surface area contributed by atoms with Gasteiger partial charge < -0.3 is 14.2 Å². The van der Waals surface area contributed by atoms with Crippen molar-refractivity contribution in [3.8, 4) is 23.3 Å². The molecule has 4 heteroatoms. The number of benzene rings is 2. The molecule has 1 unspecified atom stereocenters. The summed E-state index contributed by atoms with van der Waals surface area (Å²) < 4.78 is 16.6. The molecule has 2 aromatic rings. The summed E-state index contributed by atoms with van der Waals surface area (Å²) in [4.78, 5) is 0. The number of nitriles is 1. The van der Waals surface area contributed by atoms with Crippen LogP contribution in [0.5, 0.6) is 17.2 Å². The molecule has 0 spiro atoms. The number of hydrogen-bond acceptors (Lipinski definition) is 4. The van der Waals surface area contributed by atoms with Crippen molar-refractivity contribution in [2.75, 3.05) is 14.2 Å². The van der Waals surface area contributed by atoms with Gasteiger partial charge in [-0.1, -0.05) is 24.3 Å². The van der Waals surface area contributed by atoms with E-state index < -0.39 is 0 Å². The average molecular weight is 297 g/mol. The van der Waals surface area contributed by atoms with E-state index in [1.807, 2.05) is 48.5 Å². The van der Waals surface area contributed by atoms with Gasteiger partial charge in [-0.15, -0.1) is 0 Å². The van der Waals surface area contributed by atoms with Gasteiger partial charge in [0.25, 0.3) is 0 Å². The van der Waals surface area contributed by atoms with E-state index in [0.29, 0.717) is 24.3 Å². The standard InChI is InChI=1S/C18H19NO3/c1-20-15-11-9-14(10-12-15)16(8-5-13-19)22-18-7-4-3-6-17(18)21-2/h3-4,6-7,9-12,16H,5,8H2,1-2H3. The van der Waals surface area contributed by atoms with Crippen LogP contribution in [0.4, 0.5) is 0 Å². The van der Waals surface area contributed by atoms with Gasteiger partial charge in [0.2, 0.25) is 0 Å². The zero-order valence-corrected chi connectivity index (χ0v) is 12.8. The van der Waals surface area contributed by atoms with Crippen molar-refractivity contribution in [2.45, 2.75) is 18.9 Å². The number of hydrogen-bond donors (Lipinski definition) is 0. The largest absolute Gasteiger partial charge is 0.497 e. The Hall–Kier alpha value is -2.67. The summed E-state index contributed by atoms with van der Waals surface area (Å²) >= 11 is 0. The van der Waals surface area contributed by atoms with Crippen molar-refractivity contribution in [1.29, 1.82) is 5.26 Å². The average Bonchev–Trinajstić information content (AvgIpc) is 2.59. The van der Waals surface area contributed by atoms with Crippen molar-refractivity contribution in [3.05, 3.63) is 54.1 Å². The Bertz CT molecular complexity index is 632. The Morgan fingerprint density at radius 2 is 1.64 bits per heavy atom. The smallest absolute Gasteiger partial charge is 0.162 e. The quantitative estimate of drug-likeness (QED) is 0.771. The molecule has 2 rings (SSSR count). The maximum Gasteiger partial charge on any atom is 0.162 e. The fraction of sp³-hybridized carbons (Fsp3) is 0.278. The van der Waals surface area contributed by atoms with Crippen molar-refractivity contribution in [3.63, 3.8) is 0 Å². The molecule has 114 valence electrons. The van der Waals surface area contributed by atoms with Crippen molar-refractivity contribution in [1.82, 2.24) is 0 Å². The van der Waals surface area contributed by atoms with Crippen LogP contribution < -0.4 is 14.2 Å². The first kappa shape index (κ1) is 15.7. The van der Waals surface area contributed by atoms with E-state index in [4.69, 9.17) is 19.5 Å². The second kappa shape index (κ2) is 7.94. The van der Waals surface area contributed by atoms with Gasteiger partial charge in [0.15, 0.2) is 11.5 Å². The lowest BCUT2D eigenvalue weighted by Gasteiger charge is -2.20. The Kier molecular flexibility index (Phi) is 5.67. The van der Waals surface area contributed by atoms with Crippen LogP contribution in [0.15, 0.2) is 48.5 Å². The number of para-hydroxylation sites is 2. The minimum atomic E-state index is -0.207. The number of nitrogens with zero attached hydrogens (tertiary/aromatic N) is 1. The van der Waals surface area contributed by atoms with E-state index in [-0.39, 0.29) is 6.10 Å². The zero-order chi connectivity index (χ0) is 15.8. The highest BCUT2D eigenvalue weighted by atomic mass is 16.5. The molecular weight excluding hydrogens is 278 g/mol. The van der Waals surface area contributed by atoms with E-state index in [1.54, 1.807) is 14.2 Å². The van der Waals surface area contributed by atoms with Crippen LogP contribution in [-0.2, 0) is 0 Å². The number of ether oxygens (including phenoxy) is 3. The second-order valence-electron chi connectivity index (χ2n) is 4.73. The lowest BCUT2D eigenvalue weighted by molar-refractivity contribution is 0.188. The SMILES string of the molecule is COc1ccc(C(CCC#N)Oc2ccccc2OC)cc1. The van der Waals surface area contributed by atoms with Crippen LogP contribution in [0.1, 0.15) is 24.5 Å². The minimum Gasteiger partial charge on any atom is -0.497 e. The Morgan fingerprint density at radius 3 is 2.23 bits per heavy atom. The first-order valence-corrected chi connectivity index (χ1v) is 7.09. The summed E-state index contributed by atoms with van der Waals surface area (Å²) in [5.41, 5.74) is 1.00. The maximum atomic E-state index is 8.86. The van der Waals surface area contributed by atoms with E-state index in [0.717, 1.165) is 11.3 Å². The van der Waals surface area contributed by atoms with Crippen LogP contribution in [0.2, 0.25) is 0 Å². The molecule has 0 saturated heterocycles. The van der Waals surface area contributed by atoms with Gasteiger partial charge >= 0.3 is 0 Å². The molecule has 0 fully saturated rings. The van der Waals surface area contributed by atoms with Gasteiger partial charge in [-0.05, 0) is 29.8 Å². The normalized spacial score (nSPS) is 11.3. The summed E-state index contributed by atoms with van der Waals surface area (Å²) in [5.74, 6) is 2.14. The van der Waals surface area contributed by atoms with Gasteiger partial charge in [-0.2, -0.15) is 5.26 Å². The second-order valence-corrected chi connectivity index (χ2v) is 4.73. The summed E-state index contributed by atoms with van der Waals surface area (Å²) in [7, 11) is 3.24. The lowest BCUT2D eigenvalue weighted by atomic mass is 10.0. The highest BCUT2D eigenvalue weighted by Crippen LogP contribution is 2.33. The predicted octanol–water partition coefficient (Wildman–Crippen LogP) is 4.13. The first-order valence-electron chi connectivity index (χ1n) is 7.09. The molecule has 0 radical (unpaired) electrons. The Morgan fingerprint density at radius 1 is 0.955 bits per heavy atom. The fourth-order valence-electron chi connectivity index (χ4n) is 2.18. The van der Waals surface area contributed by atoms with Gasteiger partial charge in [-0.25, -0.2) is 0 Å². The monoisotopic (exact) mass is 297 g/mol. The van der Waals surface area contributed by atoms with Crippen molar-refractivity contribution in [2.24, 2.45) is 0 Å². The van der Waals surface area contributed by atoms with Crippen LogP contribution in [0, 0.1) is 11.3 Å². The van der Waals surface area contributed by atoms with E-state index in [1.165, 1.54) is 0 Å². The van der Waals surface area contributed by atoms with E-state index in [9.17, 15) is 0 Å². The molecular formula is C18H19NO3. The third kappa shape index (κ3) is 3.92. The lowest BCUT2D eigenvalue weighted by Crippen LogP contribution is -2.08. The molecule has 0 N–H and O–H groups in total. The molecule has 22 heavy (non-hydrogen) atoms. The molecule has 0 amide bonds. The molecule has 0 aromatic heterocycles. The Labute approximate surface area is 130 Å². The highest BCUT2D eigenvalue weighted by molar-refractivity contribution is 5.40. The fourth-order valence-corrected chi connectivity index (χ4v) is 2.18. The van der Waals surface area contributed by atoms with Crippen LogP contribution in [0.3, 0.4) is 0 Å². The first-order chi connectivity index (χ1) is 10.8. The third-order valence-corrected chi connectivity index (χ3v) is 3.34. The topological polar surface area (TPSA) is 51.5 Å². The highest BCUT2D eigenvalue weighted by Gasteiger charge is 2.15. The van der Waals surface area contributed by atoms with Crippen LogP contribution in [0.25, 0.3) is 0 Å². The molecule has 0 heterocycles. The van der Waals surface area contributed by atoms with Gasteiger partial charge in [-0.3, -0.25) is 0 Å². The van der Waals surface area contributed by atoms with E-state index in [2.05, 4.69) is 6.07 Å². The molecule has 1 atom stereocenters. The zero-order valence-electron chi connectivity index (χ0n) is 12.8. The molecule has 0 aliphatic carbocycles. The molecule has 0 bridgehead atoms. The molecule has 0 aliphatic rings. The number of rotatable bonds is 7. The van der Waals surface area contributed by atoms with Crippen LogP contribution in [-0.4, -0.2) is 14.2 Å². The summed E-state index contributed by atoms with van der Waals surface area (Å²) in [5, 5.41) is 8.86. The van der Waals surface area contributed by atoms with Gasteiger partial charge in [0.05, 0.1) is 20.3 Å². The minimum absolute atomic E-state index is 0.207. The molecule has 4 nitrogen and oxygen atoms in total. The molecule has 0 saturated carbocycles. The van der Waals surface area contributed by atoms with Crippen LogP contribution >= 0.6 is 0 Å². The van der Waals surface area contributed by atoms with E-state index >= 15 is 0 Å². The van der Waals surface area contributed by atoms with Gasteiger partial charge in [0.1, 0.15) is 11.9 Å².